The summed E-state index contributed by atoms with van der Waals surface area (Å²) in [5, 5.41) is 8.44. The van der Waals surface area contributed by atoms with Crippen LogP contribution >= 0.6 is 23.4 Å². The molecule has 0 spiro atoms. The van der Waals surface area contributed by atoms with Crippen LogP contribution < -0.4 is 20.7 Å². The van der Waals surface area contributed by atoms with Crippen molar-refractivity contribution in [1.29, 1.82) is 0 Å². The third kappa shape index (κ3) is 8.26. The molecule has 1 atom stereocenters. The second-order valence-corrected chi connectivity index (χ2v) is 10.4. The van der Waals surface area contributed by atoms with Gasteiger partial charge in [-0.05, 0) is 67.1 Å². The van der Waals surface area contributed by atoms with Gasteiger partial charge in [-0.1, -0.05) is 42.8 Å². The normalized spacial score (nSPS) is 11.8. The molecular formula is C31H28ClN3O5S. The Morgan fingerprint density at radius 1 is 0.976 bits per heavy atom. The van der Waals surface area contributed by atoms with Crippen molar-refractivity contribution in [2.75, 3.05) is 17.7 Å². The van der Waals surface area contributed by atoms with Crippen LogP contribution in [-0.2, 0) is 9.59 Å². The van der Waals surface area contributed by atoms with Crippen molar-refractivity contribution in [3.63, 3.8) is 0 Å². The number of carbonyl (C=O) groups is 3. The van der Waals surface area contributed by atoms with Crippen LogP contribution in [0.2, 0.25) is 5.02 Å². The van der Waals surface area contributed by atoms with E-state index in [2.05, 4.69) is 16.0 Å². The van der Waals surface area contributed by atoms with Gasteiger partial charge in [0.25, 0.3) is 11.8 Å². The van der Waals surface area contributed by atoms with E-state index in [1.807, 2.05) is 13.0 Å². The highest BCUT2D eigenvalue weighted by molar-refractivity contribution is 8.00. The van der Waals surface area contributed by atoms with Gasteiger partial charge < -0.3 is 25.1 Å². The summed E-state index contributed by atoms with van der Waals surface area (Å²) in [6.45, 7) is 1.92. The van der Waals surface area contributed by atoms with Gasteiger partial charge in [-0.15, -0.1) is 11.8 Å². The lowest BCUT2D eigenvalue weighted by Crippen LogP contribution is -2.30. The number of anilines is 2. The Labute approximate surface area is 247 Å². The second kappa shape index (κ2) is 14.2. The molecule has 4 rings (SSSR count). The lowest BCUT2D eigenvalue weighted by Gasteiger charge is -2.17. The number of methoxy groups -OCH3 is 1. The van der Waals surface area contributed by atoms with E-state index in [4.69, 9.17) is 20.8 Å². The van der Waals surface area contributed by atoms with Crippen LogP contribution in [0.15, 0.2) is 106 Å². The Kier molecular flexibility index (Phi) is 10.3. The van der Waals surface area contributed by atoms with Crippen molar-refractivity contribution >= 4 is 58.5 Å². The zero-order valence-electron chi connectivity index (χ0n) is 22.3. The van der Waals surface area contributed by atoms with Gasteiger partial charge in [0, 0.05) is 27.2 Å². The topological polar surface area (TPSA) is 110 Å². The molecule has 1 aromatic heterocycles. The third-order valence-electron chi connectivity index (χ3n) is 5.81. The predicted molar refractivity (Wildman–Crippen MR) is 162 cm³/mol. The van der Waals surface area contributed by atoms with Crippen molar-refractivity contribution in [2.45, 2.75) is 23.5 Å². The average Bonchev–Trinajstić information content (AvgIpc) is 3.49. The van der Waals surface area contributed by atoms with Crippen LogP contribution in [0.1, 0.15) is 29.5 Å². The number of furan rings is 1. The maximum absolute atomic E-state index is 13.3. The molecular weight excluding hydrogens is 562 g/mol. The molecule has 10 heteroatoms. The highest BCUT2D eigenvalue weighted by Gasteiger charge is 2.21. The van der Waals surface area contributed by atoms with E-state index >= 15 is 0 Å². The number of thioether (sulfide) groups is 1. The van der Waals surface area contributed by atoms with Crippen LogP contribution in [0, 0.1) is 0 Å². The first kappa shape index (κ1) is 29.5. The highest BCUT2D eigenvalue weighted by Crippen LogP contribution is 2.31. The van der Waals surface area contributed by atoms with Crippen LogP contribution in [0.4, 0.5) is 11.4 Å². The number of hydrogen-bond acceptors (Lipinski definition) is 6. The smallest absolute Gasteiger partial charge is 0.272 e. The number of ether oxygens (including phenoxy) is 1. The molecule has 1 heterocycles. The van der Waals surface area contributed by atoms with Crippen molar-refractivity contribution < 1.29 is 23.5 Å². The minimum absolute atomic E-state index is 0.00754. The fraction of sp³-hybridized carbons (Fsp3) is 0.129. The monoisotopic (exact) mass is 589 g/mol. The van der Waals surface area contributed by atoms with Gasteiger partial charge in [-0.2, -0.15) is 0 Å². The Balaban J connectivity index is 1.47. The van der Waals surface area contributed by atoms with Gasteiger partial charge in [0.2, 0.25) is 5.91 Å². The van der Waals surface area contributed by atoms with Gasteiger partial charge in [0.05, 0.1) is 24.3 Å². The van der Waals surface area contributed by atoms with E-state index < -0.39 is 17.1 Å². The van der Waals surface area contributed by atoms with Crippen molar-refractivity contribution in [2.24, 2.45) is 0 Å². The summed E-state index contributed by atoms with van der Waals surface area (Å²) in [6.07, 6.45) is 3.48. The quantitative estimate of drug-likeness (QED) is 0.130. The summed E-state index contributed by atoms with van der Waals surface area (Å²) >= 11 is 7.46. The molecule has 3 amide bonds. The molecule has 1 unspecified atom stereocenters. The lowest BCUT2D eigenvalue weighted by molar-refractivity contribution is -0.116. The number of rotatable bonds is 11. The minimum atomic E-state index is -0.536. The van der Waals surface area contributed by atoms with Crippen LogP contribution in [0.25, 0.3) is 6.08 Å². The number of hydrogen-bond donors (Lipinski definition) is 3. The summed E-state index contributed by atoms with van der Waals surface area (Å²) < 4.78 is 10.7. The first-order valence-electron chi connectivity index (χ1n) is 12.7. The third-order valence-corrected chi connectivity index (χ3v) is 7.40. The van der Waals surface area contributed by atoms with Crippen LogP contribution in [0.3, 0.4) is 0 Å². The molecule has 0 aliphatic carbocycles. The zero-order chi connectivity index (χ0) is 29.2. The summed E-state index contributed by atoms with van der Waals surface area (Å²) in [5.74, 6) is -0.271. The molecule has 0 saturated carbocycles. The number of amides is 3. The molecule has 4 aromatic rings. The van der Waals surface area contributed by atoms with Crippen molar-refractivity contribution in [3.8, 4) is 5.75 Å². The van der Waals surface area contributed by atoms with E-state index in [1.165, 1.54) is 31.2 Å². The maximum atomic E-state index is 13.3. The molecule has 3 N–H and O–H groups in total. The molecule has 0 fully saturated rings. The molecule has 0 aliphatic heterocycles. The number of nitrogens with one attached hydrogen (secondary N) is 3. The molecule has 41 heavy (non-hydrogen) atoms. The van der Waals surface area contributed by atoms with Gasteiger partial charge in [-0.3, -0.25) is 14.4 Å². The van der Waals surface area contributed by atoms with E-state index in [-0.39, 0.29) is 11.6 Å². The first-order valence-corrected chi connectivity index (χ1v) is 14.0. The van der Waals surface area contributed by atoms with Gasteiger partial charge >= 0.3 is 0 Å². The molecule has 210 valence electrons. The fourth-order valence-electron chi connectivity index (χ4n) is 3.78. The molecule has 0 radical (unpaired) electrons. The zero-order valence-corrected chi connectivity index (χ0v) is 23.9. The van der Waals surface area contributed by atoms with Gasteiger partial charge in [0.1, 0.15) is 17.2 Å². The summed E-state index contributed by atoms with van der Waals surface area (Å²) in [6, 6.07) is 24.1. The van der Waals surface area contributed by atoms with E-state index in [1.54, 1.807) is 78.9 Å². The molecule has 0 aliphatic rings. The molecule has 0 bridgehead atoms. The minimum Gasteiger partial charge on any atom is -0.495 e. The maximum Gasteiger partial charge on any atom is 0.272 e. The number of carbonyl (C=O) groups excluding carboxylic acids is 3. The van der Waals surface area contributed by atoms with E-state index in [9.17, 15) is 14.4 Å². The standard InChI is InChI=1S/C31H28ClN3O5S/c1-3-28(31(38)34-25-17-21(32)14-15-27(25)39-2)41-24-13-7-11-22(18-24)33-30(37)26(19-23-12-8-16-40-23)35-29(36)20-9-5-4-6-10-20/h4-19,28H,3H2,1-2H3,(H,33,37)(H,34,38)(H,35,36)/b26-19-. The second-order valence-electron chi connectivity index (χ2n) is 8.72. The van der Waals surface area contributed by atoms with Gasteiger partial charge in [-0.25, -0.2) is 0 Å². The van der Waals surface area contributed by atoms with Crippen LogP contribution in [0.5, 0.6) is 5.75 Å². The van der Waals surface area contributed by atoms with Gasteiger partial charge in [0.15, 0.2) is 0 Å². The largest absolute Gasteiger partial charge is 0.495 e. The summed E-state index contributed by atoms with van der Waals surface area (Å²) in [5.41, 5.74) is 1.39. The summed E-state index contributed by atoms with van der Waals surface area (Å²) in [7, 11) is 1.52. The van der Waals surface area contributed by atoms with E-state index in [0.29, 0.717) is 39.9 Å². The van der Waals surface area contributed by atoms with Crippen LogP contribution in [-0.4, -0.2) is 30.1 Å². The van der Waals surface area contributed by atoms with E-state index in [0.717, 1.165) is 4.90 Å². The SMILES string of the molecule is CCC(Sc1cccc(NC(=O)/C(=C/c2ccco2)NC(=O)c2ccccc2)c1)C(=O)Nc1cc(Cl)ccc1OC. The van der Waals surface area contributed by atoms with Crippen molar-refractivity contribution in [1.82, 2.24) is 5.32 Å². The Morgan fingerprint density at radius 3 is 2.49 bits per heavy atom. The predicted octanol–water partition coefficient (Wildman–Crippen LogP) is 6.86. The molecule has 0 saturated heterocycles. The fourth-order valence-corrected chi connectivity index (χ4v) is 4.97. The lowest BCUT2D eigenvalue weighted by atomic mass is 10.2. The molecule has 8 nitrogen and oxygen atoms in total. The Hall–Kier alpha value is -4.47. The summed E-state index contributed by atoms with van der Waals surface area (Å²) in [4.78, 5) is 39.9. The molecule has 3 aromatic carbocycles. The number of benzene rings is 3. The Morgan fingerprint density at radius 2 is 1.78 bits per heavy atom. The first-order chi connectivity index (χ1) is 19.9. The average molecular weight is 590 g/mol. The Bertz CT molecular complexity index is 1540. The highest BCUT2D eigenvalue weighted by atomic mass is 35.5. The number of halogens is 1. The van der Waals surface area contributed by atoms with Crippen molar-refractivity contribution in [3.05, 3.63) is 113 Å².